The van der Waals surface area contributed by atoms with Crippen LogP contribution in [-0.2, 0) is 4.79 Å². The van der Waals surface area contributed by atoms with Crippen molar-refractivity contribution in [3.05, 3.63) is 54.0 Å². The summed E-state index contributed by atoms with van der Waals surface area (Å²) in [7, 11) is 0. The standard InChI is InChI=1S/C19H23NO3S/c1-14-6-2-3-9-18(14)24-13-19(22)20-10-4-7-15(20)12-16(21)17-8-5-11-23-17/h2-3,5-6,8-9,11,15-16,21H,4,7,10,12-13H2,1H3. The molecule has 1 saturated heterocycles. The zero-order chi connectivity index (χ0) is 16.9. The molecule has 2 aromatic rings. The van der Waals surface area contributed by atoms with Gasteiger partial charge in [0.2, 0.25) is 5.91 Å². The number of rotatable bonds is 6. The van der Waals surface area contributed by atoms with Crippen molar-refractivity contribution < 1.29 is 14.3 Å². The molecule has 3 rings (SSSR count). The first-order chi connectivity index (χ1) is 11.6. The Morgan fingerprint density at radius 2 is 2.21 bits per heavy atom. The third kappa shape index (κ3) is 4.02. The third-order valence-electron chi connectivity index (χ3n) is 4.51. The highest BCUT2D eigenvalue weighted by atomic mass is 32.2. The average Bonchev–Trinajstić information content (AvgIpc) is 3.25. The maximum atomic E-state index is 12.6. The number of hydrogen-bond acceptors (Lipinski definition) is 4. The molecule has 1 amide bonds. The van der Waals surface area contributed by atoms with E-state index in [0.29, 0.717) is 17.9 Å². The van der Waals surface area contributed by atoms with Gasteiger partial charge < -0.3 is 14.4 Å². The number of amides is 1. The molecule has 0 saturated carbocycles. The van der Waals surface area contributed by atoms with Crippen LogP contribution in [0.3, 0.4) is 0 Å². The number of furan rings is 1. The average molecular weight is 345 g/mol. The second kappa shape index (κ2) is 7.90. The lowest BCUT2D eigenvalue weighted by molar-refractivity contribution is -0.129. The van der Waals surface area contributed by atoms with E-state index in [1.54, 1.807) is 30.2 Å². The Balaban J connectivity index is 1.56. The lowest BCUT2D eigenvalue weighted by Crippen LogP contribution is -2.37. The summed E-state index contributed by atoms with van der Waals surface area (Å²) < 4.78 is 5.26. The number of carbonyl (C=O) groups excluding carboxylic acids is 1. The maximum absolute atomic E-state index is 12.6. The van der Waals surface area contributed by atoms with Gasteiger partial charge in [-0.3, -0.25) is 4.79 Å². The Bertz CT molecular complexity index is 671. The third-order valence-corrected chi connectivity index (χ3v) is 5.67. The fourth-order valence-electron chi connectivity index (χ4n) is 3.20. The van der Waals surface area contributed by atoms with Crippen molar-refractivity contribution in [1.29, 1.82) is 0 Å². The second-order valence-corrected chi connectivity index (χ2v) is 7.22. The molecule has 4 nitrogen and oxygen atoms in total. The molecule has 0 spiro atoms. The molecule has 1 N–H and O–H groups in total. The predicted molar refractivity (Wildman–Crippen MR) is 94.9 cm³/mol. The van der Waals surface area contributed by atoms with Crippen LogP contribution in [0.15, 0.2) is 52.0 Å². The van der Waals surface area contributed by atoms with Crippen LogP contribution < -0.4 is 0 Å². The van der Waals surface area contributed by atoms with E-state index >= 15 is 0 Å². The Morgan fingerprint density at radius 3 is 2.96 bits per heavy atom. The highest BCUT2D eigenvalue weighted by Gasteiger charge is 2.31. The molecule has 0 radical (unpaired) electrons. The summed E-state index contributed by atoms with van der Waals surface area (Å²) in [6, 6.07) is 11.8. The number of aliphatic hydroxyl groups excluding tert-OH is 1. The minimum absolute atomic E-state index is 0.0927. The maximum Gasteiger partial charge on any atom is 0.233 e. The van der Waals surface area contributed by atoms with Gasteiger partial charge in [0.25, 0.3) is 0 Å². The van der Waals surface area contributed by atoms with E-state index in [4.69, 9.17) is 4.42 Å². The lowest BCUT2D eigenvalue weighted by atomic mass is 10.1. The summed E-state index contributed by atoms with van der Waals surface area (Å²) in [5, 5.41) is 10.3. The van der Waals surface area contributed by atoms with E-state index in [-0.39, 0.29) is 11.9 Å². The number of aryl methyl sites for hydroxylation is 1. The number of benzene rings is 1. The van der Waals surface area contributed by atoms with Gasteiger partial charge in [0, 0.05) is 23.9 Å². The molecule has 1 aromatic carbocycles. The van der Waals surface area contributed by atoms with Crippen LogP contribution in [0.5, 0.6) is 0 Å². The molecule has 2 atom stereocenters. The topological polar surface area (TPSA) is 53.7 Å². The van der Waals surface area contributed by atoms with Crippen LogP contribution >= 0.6 is 11.8 Å². The molecule has 0 aliphatic carbocycles. The molecule has 1 aliphatic heterocycles. The molecule has 0 bridgehead atoms. The van der Waals surface area contributed by atoms with Crippen molar-refractivity contribution in [3.63, 3.8) is 0 Å². The quantitative estimate of drug-likeness (QED) is 0.809. The summed E-state index contributed by atoms with van der Waals surface area (Å²) in [6.45, 7) is 2.84. The molecule has 2 unspecified atom stereocenters. The highest BCUT2D eigenvalue weighted by molar-refractivity contribution is 8.00. The van der Waals surface area contributed by atoms with Crippen molar-refractivity contribution in [2.24, 2.45) is 0 Å². The molecular formula is C19H23NO3S. The van der Waals surface area contributed by atoms with Crippen LogP contribution in [0.25, 0.3) is 0 Å². The molecule has 24 heavy (non-hydrogen) atoms. The van der Waals surface area contributed by atoms with Gasteiger partial charge in [-0.25, -0.2) is 0 Å². The summed E-state index contributed by atoms with van der Waals surface area (Å²) in [4.78, 5) is 15.7. The molecule has 1 fully saturated rings. The fourth-order valence-corrected chi connectivity index (χ4v) is 4.12. The molecule has 1 aromatic heterocycles. The van der Waals surface area contributed by atoms with Crippen molar-refractivity contribution in [3.8, 4) is 0 Å². The van der Waals surface area contributed by atoms with E-state index in [0.717, 1.165) is 24.3 Å². The number of hydrogen-bond donors (Lipinski definition) is 1. The normalized spacial score (nSPS) is 18.8. The minimum atomic E-state index is -0.651. The van der Waals surface area contributed by atoms with Crippen LogP contribution in [0.4, 0.5) is 0 Å². The van der Waals surface area contributed by atoms with Gasteiger partial charge >= 0.3 is 0 Å². The zero-order valence-electron chi connectivity index (χ0n) is 13.9. The summed E-state index contributed by atoms with van der Waals surface area (Å²) in [5.74, 6) is 1.17. The first-order valence-electron chi connectivity index (χ1n) is 8.34. The fraction of sp³-hybridized carbons (Fsp3) is 0.421. The van der Waals surface area contributed by atoms with E-state index < -0.39 is 6.10 Å². The SMILES string of the molecule is Cc1ccccc1SCC(=O)N1CCCC1CC(O)c1ccco1. The number of likely N-dealkylation sites (tertiary alicyclic amines) is 1. The van der Waals surface area contributed by atoms with Gasteiger partial charge in [-0.15, -0.1) is 11.8 Å². The van der Waals surface area contributed by atoms with Gasteiger partial charge in [-0.2, -0.15) is 0 Å². The van der Waals surface area contributed by atoms with E-state index in [1.165, 1.54) is 5.56 Å². The number of nitrogens with zero attached hydrogens (tertiary/aromatic N) is 1. The van der Waals surface area contributed by atoms with E-state index in [2.05, 4.69) is 19.1 Å². The number of thioether (sulfide) groups is 1. The summed E-state index contributed by atoms with van der Waals surface area (Å²) in [6.07, 6.45) is 3.39. The largest absolute Gasteiger partial charge is 0.467 e. The van der Waals surface area contributed by atoms with E-state index in [9.17, 15) is 9.90 Å². The van der Waals surface area contributed by atoms with Crippen molar-refractivity contribution in [1.82, 2.24) is 4.90 Å². The van der Waals surface area contributed by atoms with Gasteiger partial charge in [0.1, 0.15) is 11.9 Å². The van der Waals surface area contributed by atoms with E-state index in [1.807, 2.05) is 17.0 Å². The predicted octanol–water partition coefficient (Wildman–Crippen LogP) is 3.79. The Kier molecular flexibility index (Phi) is 5.63. The van der Waals surface area contributed by atoms with Crippen molar-refractivity contribution >= 4 is 17.7 Å². The van der Waals surface area contributed by atoms with Gasteiger partial charge in [-0.05, 0) is 43.5 Å². The second-order valence-electron chi connectivity index (χ2n) is 6.20. The van der Waals surface area contributed by atoms with Gasteiger partial charge in [-0.1, -0.05) is 18.2 Å². The molecule has 128 valence electrons. The smallest absolute Gasteiger partial charge is 0.233 e. The molecular weight excluding hydrogens is 322 g/mol. The minimum Gasteiger partial charge on any atom is -0.467 e. The molecule has 2 heterocycles. The zero-order valence-corrected chi connectivity index (χ0v) is 14.7. The van der Waals surface area contributed by atoms with Crippen LogP contribution in [0.1, 0.15) is 36.7 Å². The van der Waals surface area contributed by atoms with Crippen LogP contribution in [0, 0.1) is 6.92 Å². The Morgan fingerprint density at radius 1 is 1.38 bits per heavy atom. The molecule has 5 heteroatoms. The Labute approximate surface area is 146 Å². The van der Waals surface area contributed by atoms with Crippen LogP contribution in [-0.4, -0.2) is 34.3 Å². The first kappa shape index (κ1) is 17.1. The molecule has 1 aliphatic rings. The van der Waals surface area contributed by atoms with Gasteiger partial charge in [0.05, 0.1) is 12.0 Å². The van der Waals surface area contributed by atoms with Crippen molar-refractivity contribution in [2.75, 3.05) is 12.3 Å². The number of carbonyl (C=O) groups is 1. The van der Waals surface area contributed by atoms with Gasteiger partial charge in [0.15, 0.2) is 0 Å². The summed E-state index contributed by atoms with van der Waals surface area (Å²) >= 11 is 1.59. The lowest BCUT2D eigenvalue weighted by Gasteiger charge is -2.26. The summed E-state index contributed by atoms with van der Waals surface area (Å²) in [5.41, 5.74) is 1.20. The monoisotopic (exact) mass is 345 g/mol. The van der Waals surface area contributed by atoms with Crippen LogP contribution in [0.2, 0.25) is 0 Å². The highest BCUT2D eigenvalue weighted by Crippen LogP contribution is 2.29. The number of aliphatic hydroxyl groups is 1. The first-order valence-corrected chi connectivity index (χ1v) is 9.33. The Hall–Kier alpha value is -1.72. The van der Waals surface area contributed by atoms with Crippen molar-refractivity contribution in [2.45, 2.75) is 43.2 Å².